The number of nitrogens with zero attached hydrogens (tertiary/aromatic N) is 2. The number of hydrogen-bond donors (Lipinski definition) is 2. The van der Waals surface area contributed by atoms with E-state index in [0.717, 1.165) is 36.6 Å². The number of urea groups is 1. The molecule has 29 heavy (non-hydrogen) atoms. The number of rotatable bonds is 7. The van der Waals surface area contributed by atoms with Crippen molar-refractivity contribution >= 4 is 11.7 Å². The van der Waals surface area contributed by atoms with E-state index >= 15 is 0 Å². The lowest BCUT2D eigenvalue weighted by Gasteiger charge is -2.37. The molecule has 0 aliphatic carbocycles. The van der Waals surface area contributed by atoms with Gasteiger partial charge in [0.25, 0.3) is 0 Å². The molecule has 0 fully saturated rings. The molecule has 2 aromatic carbocycles. The maximum atomic E-state index is 14.5. The highest BCUT2D eigenvalue weighted by molar-refractivity contribution is 6.04. The van der Waals surface area contributed by atoms with E-state index in [1.807, 2.05) is 37.3 Å². The second kappa shape index (κ2) is 9.13. The molecule has 1 unspecified atom stereocenters. The Balaban J connectivity index is 2.10. The molecular weight excluding hydrogens is 374 g/mol. The molecule has 1 heterocycles. The molecule has 0 spiro atoms. The van der Waals surface area contributed by atoms with Gasteiger partial charge in [-0.2, -0.15) is 5.10 Å². The Bertz CT molecular complexity index is 888. The number of nitrogens with one attached hydrogen (secondary N) is 1. The monoisotopic (exact) mass is 400 g/mol. The molecule has 0 bridgehead atoms. The summed E-state index contributed by atoms with van der Waals surface area (Å²) in [6, 6.07) is 12.5. The number of halogens is 2. The van der Waals surface area contributed by atoms with Gasteiger partial charge in [0, 0.05) is 18.5 Å². The zero-order valence-electron chi connectivity index (χ0n) is 16.5. The Morgan fingerprint density at radius 2 is 1.97 bits per heavy atom. The minimum atomic E-state index is -0.788. The largest absolute Gasteiger partial charge is 0.338 e. The zero-order chi connectivity index (χ0) is 20.9. The minimum Gasteiger partial charge on any atom is -0.337 e. The van der Waals surface area contributed by atoms with Crippen molar-refractivity contribution in [2.45, 2.75) is 38.1 Å². The van der Waals surface area contributed by atoms with Gasteiger partial charge >= 0.3 is 6.03 Å². The van der Waals surface area contributed by atoms with E-state index in [-0.39, 0.29) is 11.6 Å². The Hall–Kier alpha value is -2.80. The number of benzene rings is 2. The van der Waals surface area contributed by atoms with E-state index in [2.05, 4.69) is 10.4 Å². The molecule has 154 valence electrons. The van der Waals surface area contributed by atoms with Crippen molar-refractivity contribution in [3.05, 3.63) is 71.3 Å². The Kier molecular flexibility index (Phi) is 6.59. The Morgan fingerprint density at radius 3 is 2.66 bits per heavy atom. The van der Waals surface area contributed by atoms with Crippen LogP contribution in [-0.2, 0) is 5.54 Å². The SMILES string of the molecule is CCNC(=O)N1N=C(c2cc(F)ccc2F)CC1(CCCCN)c1ccccc1. The van der Waals surface area contributed by atoms with Crippen LogP contribution < -0.4 is 11.1 Å². The normalized spacial score (nSPS) is 18.6. The number of nitrogens with two attached hydrogens (primary N) is 1. The third kappa shape index (κ3) is 4.29. The molecule has 3 rings (SSSR count). The standard InChI is InChI=1S/C22H26F2N4O/c1-2-26-21(29)28-22(12-6-7-13-25,16-8-4-3-5-9-16)15-20(27-28)18-14-17(23)10-11-19(18)24/h3-5,8-11,14H,2,6-7,12-13,15,25H2,1H3,(H,26,29). The third-order valence-corrected chi connectivity index (χ3v) is 5.20. The lowest BCUT2D eigenvalue weighted by molar-refractivity contribution is 0.122. The van der Waals surface area contributed by atoms with Gasteiger partial charge in [0.15, 0.2) is 0 Å². The number of carbonyl (C=O) groups excluding carboxylic acids is 1. The van der Waals surface area contributed by atoms with E-state index < -0.39 is 17.2 Å². The molecule has 2 amide bonds. The van der Waals surface area contributed by atoms with Crippen molar-refractivity contribution in [1.29, 1.82) is 0 Å². The molecule has 3 N–H and O–H groups in total. The molecule has 0 aromatic heterocycles. The van der Waals surface area contributed by atoms with Crippen LogP contribution >= 0.6 is 0 Å². The summed E-state index contributed by atoms with van der Waals surface area (Å²) in [5.41, 5.74) is 6.22. The second-order valence-corrected chi connectivity index (χ2v) is 7.14. The predicted molar refractivity (Wildman–Crippen MR) is 109 cm³/mol. The molecule has 1 aliphatic heterocycles. The summed E-state index contributed by atoms with van der Waals surface area (Å²) >= 11 is 0. The highest BCUT2D eigenvalue weighted by Gasteiger charge is 2.47. The fourth-order valence-corrected chi connectivity index (χ4v) is 3.81. The number of amides is 2. The maximum absolute atomic E-state index is 14.5. The summed E-state index contributed by atoms with van der Waals surface area (Å²) in [5, 5.41) is 8.68. The lowest BCUT2D eigenvalue weighted by atomic mass is 9.80. The molecular formula is C22H26F2N4O. The van der Waals surface area contributed by atoms with Gasteiger partial charge in [0.2, 0.25) is 0 Å². The Morgan fingerprint density at radius 1 is 1.21 bits per heavy atom. The van der Waals surface area contributed by atoms with Crippen molar-refractivity contribution in [1.82, 2.24) is 10.3 Å². The zero-order valence-corrected chi connectivity index (χ0v) is 16.5. The average molecular weight is 400 g/mol. The van der Waals surface area contributed by atoms with Crippen LogP contribution in [0.3, 0.4) is 0 Å². The van der Waals surface area contributed by atoms with Gasteiger partial charge in [-0.05, 0) is 56.5 Å². The van der Waals surface area contributed by atoms with Gasteiger partial charge in [-0.15, -0.1) is 0 Å². The van der Waals surface area contributed by atoms with Crippen molar-refractivity contribution < 1.29 is 13.6 Å². The van der Waals surface area contributed by atoms with Crippen LogP contribution in [0.15, 0.2) is 53.6 Å². The van der Waals surface area contributed by atoms with E-state index in [1.54, 1.807) is 0 Å². The average Bonchev–Trinajstić information content (AvgIpc) is 3.12. The van der Waals surface area contributed by atoms with Crippen LogP contribution in [0.4, 0.5) is 13.6 Å². The van der Waals surface area contributed by atoms with E-state index in [1.165, 1.54) is 5.01 Å². The minimum absolute atomic E-state index is 0.0796. The van der Waals surface area contributed by atoms with Crippen LogP contribution in [0.2, 0.25) is 0 Å². The summed E-state index contributed by atoms with van der Waals surface area (Å²) in [5.74, 6) is -1.11. The molecule has 2 aromatic rings. The first-order valence-electron chi connectivity index (χ1n) is 9.88. The summed E-state index contributed by atoms with van der Waals surface area (Å²) in [6.07, 6.45) is 2.46. The molecule has 0 saturated carbocycles. The molecule has 1 aliphatic rings. The lowest BCUT2D eigenvalue weighted by Crippen LogP contribution is -2.48. The van der Waals surface area contributed by atoms with Crippen molar-refractivity contribution in [2.24, 2.45) is 10.8 Å². The molecule has 5 nitrogen and oxygen atoms in total. The second-order valence-electron chi connectivity index (χ2n) is 7.14. The fourth-order valence-electron chi connectivity index (χ4n) is 3.81. The van der Waals surface area contributed by atoms with Crippen molar-refractivity contribution in [3.8, 4) is 0 Å². The third-order valence-electron chi connectivity index (χ3n) is 5.20. The molecule has 1 atom stereocenters. The molecule has 0 saturated heterocycles. The Labute approximate surface area is 169 Å². The summed E-state index contributed by atoms with van der Waals surface area (Å²) in [6.45, 7) is 2.80. The van der Waals surface area contributed by atoms with Crippen LogP contribution in [0.5, 0.6) is 0 Å². The highest BCUT2D eigenvalue weighted by Crippen LogP contribution is 2.43. The van der Waals surface area contributed by atoms with Crippen LogP contribution in [-0.4, -0.2) is 29.8 Å². The first kappa shape index (κ1) is 20.9. The predicted octanol–water partition coefficient (Wildman–Crippen LogP) is 4.13. The molecule has 7 heteroatoms. The fraction of sp³-hybridized carbons (Fsp3) is 0.364. The molecule has 0 radical (unpaired) electrons. The van der Waals surface area contributed by atoms with Gasteiger partial charge in [-0.25, -0.2) is 18.6 Å². The van der Waals surface area contributed by atoms with E-state index in [0.29, 0.717) is 31.6 Å². The van der Waals surface area contributed by atoms with Crippen LogP contribution in [0.25, 0.3) is 0 Å². The smallest absolute Gasteiger partial charge is 0.337 e. The first-order valence-corrected chi connectivity index (χ1v) is 9.88. The topological polar surface area (TPSA) is 70.7 Å². The number of hydrogen-bond acceptors (Lipinski definition) is 3. The van der Waals surface area contributed by atoms with Gasteiger partial charge in [-0.1, -0.05) is 30.3 Å². The summed E-state index contributed by atoms with van der Waals surface area (Å²) < 4.78 is 28.3. The van der Waals surface area contributed by atoms with E-state index in [9.17, 15) is 13.6 Å². The van der Waals surface area contributed by atoms with Gasteiger partial charge < -0.3 is 11.1 Å². The van der Waals surface area contributed by atoms with Gasteiger partial charge in [-0.3, -0.25) is 0 Å². The summed E-state index contributed by atoms with van der Waals surface area (Å²) in [7, 11) is 0. The van der Waals surface area contributed by atoms with Crippen LogP contribution in [0.1, 0.15) is 43.7 Å². The highest BCUT2D eigenvalue weighted by atomic mass is 19.1. The number of hydrazone groups is 1. The van der Waals surface area contributed by atoms with Gasteiger partial charge in [0.1, 0.15) is 11.6 Å². The quantitative estimate of drug-likeness (QED) is 0.686. The number of carbonyl (C=O) groups is 1. The van der Waals surface area contributed by atoms with Crippen molar-refractivity contribution in [3.63, 3.8) is 0 Å². The first-order chi connectivity index (χ1) is 14.0. The maximum Gasteiger partial charge on any atom is 0.338 e. The van der Waals surface area contributed by atoms with Crippen LogP contribution in [0, 0.1) is 11.6 Å². The number of unbranched alkanes of at least 4 members (excludes halogenated alkanes) is 1. The van der Waals surface area contributed by atoms with E-state index in [4.69, 9.17) is 5.73 Å². The van der Waals surface area contributed by atoms with Crippen molar-refractivity contribution in [2.75, 3.05) is 13.1 Å². The van der Waals surface area contributed by atoms with Gasteiger partial charge in [0.05, 0.1) is 11.3 Å². The summed E-state index contributed by atoms with van der Waals surface area (Å²) in [4.78, 5) is 12.9.